The number of methoxy groups -OCH3 is 2. The Kier molecular flexibility index (Phi) is 5.88. The molecule has 0 atom stereocenters. The second-order valence-electron chi connectivity index (χ2n) is 5.37. The van der Waals surface area contributed by atoms with Crippen molar-refractivity contribution >= 4 is 29.3 Å². The number of ether oxygens (including phenoxy) is 2. The lowest BCUT2D eigenvalue weighted by molar-refractivity contribution is -0.111. The molecule has 4 nitrogen and oxygen atoms in total. The molecule has 0 radical (unpaired) electrons. The highest BCUT2D eigenvalue weighted by Crippen LogP contribution is 2.28. The third-order valence-corrected chi connectivity index (χ3v) is 3.83. The summed E-state index contributed by atoms with van der Waals surface area (Å²) in [4.78, 5) is 12.2. The van der Waals surface area contributed by atoms with Crippen LogP contribution in [0.25, 0.3) is 6.08 Å². The Bertz CT molecular complexity index is 761. The van der Waals surface area contributed by atoms with Gasteiger partial charge < -0.3 is 14.8 Å². The van der Waals surface area contributed by atoms with Crippen molar-refractivity contribution in [1.29, 1.82) is 0 Å². The molecule has 2 rings (SSSR count). The number of nitrogens with one attached hydrogen (secondary N) is 1. The Morgan fingerprint density at radius 2 is 1.88 bits per heavy atom. The van der Waals surface area contributed by atoms with E-state index in [1.54, 1.807) is 32.4 Å². The number of halogens is 1. The number of hydrogen-bond donors (Lipinski definition) is 1. The molecule has 5 heteroatoms. The van der Waals surface area contributed by atoms with Gasteiger partial charge in [0.05, 0.1) is 24.9 Å². The molecule has 2 aromatic carbocycles. The molecule has 0 spiro atoms. The van der Waals surface area contributed by atoms with E-state index in [1.165, 1.54) is 6.08 Å². The maximum absolute atomic E-state index is 12.2. The molecule has 0 saturated heterocycles. The lowest BCUT2D eigenvalue weighted by atomic mass is 10.1. The highest BCUT2D eigenvalue weighted by Gasteiger charge is 2.08. The molecule has 1 N–H and O–H groups in total. The van der Waals surface area contributed by atoms with Crippen LogP contribution in [0.4, 0.5) is 5.69 Å². The highest BCUT2D eigenvalue weighted by atomic mass is 35.5. The number of rotatable bonds is 5. The number of carbonyl (C=O) groups is 1. The van der Waals surface area contributed by atoms with Gasteiger partial charge in [0.15, 0.2) is 0 Å². The number of benzene rings is 2. The average molecular weight is 346 g/mol. The number of hydrogen-bond acceptors (Lipinski definition) is 3. The van der Waals surface area contributed by atoms with E-state index in [-0.39, 0.29) is 5.91 Å². The quantitative estimate of drug-likeness (QED) is 0.804. The standard InChI is InChI=1S/C19H20ClNO3/c1-12-9-13(2)19(16(20)10-12)21-18(22)8-6-14-5-7-15(23-3)11-17(14)24-4/h5-11H,1-4H3,(H,21,22). The van der Waals surface area contributed by atoms with Crippen LogP contribution in [0.5, 0.6) is 11.5 Å². The molecule has 0 fully saturated rings. The molecular weight excluding hydrogens is 326 g/mol. The maximum Gasteiger partial charge on any atom is 0.248 e. The summed E-state index contributed by atoms with van der Waals surface area (Å²) in [6.07, 6.45) is 3.13. The molecule has 0 bridgehead atoms. The fourth-order valence-corrected chi connectivity index (χ4v) is 2.73. The van der Waals surface area contributed by atoms with Crippen molar-refractivity contribution in [3.8, 4) is 11.5 Å². The van der Waals surface area contributed by atoms with Gasteiger partial charge in [0.1, 0.15) is 11.5 Å². The summed E-state index contributed by atoms with van der Waals surface area (Å²) >= 11 is 6.20. The molecule has 0 aliphatic rings. The van der Waals surface area contributed by atoms with Gasteiger partial charge in [-0.05, 0) is 49.2 Å². The highest BCUT2D eigenvalue weighted by molar-refractivity contribution is 6.34. The number of aryl methyl sites for hydroxylation is 2. The van der Waals surface area contributed by atoms with Gasteiger partial charge in [-0.2, -0.15) is 0 Å². The Balaban J connectivity index is 2.17. The van der Waals surface area contributed by atoms with Gasteiger partial charge in [0, 0.05) is 17.7 Å². The van der Waals surface area contributed by atoms with E-state index in [1.807, 2.05) is 32.0 Å². The van der Waals surface area contributed by atoms with Gasteiger partial charge in [-0.1, -0.05) is 17.7 Å². The van der Waals surface area contributed by atoms with E-state index < -0.39 is 0 Å². The monoisotopic (exact) mass is 345 g/mol. The SMILES string of the molecule is COc1ccc(C=CC(=O)Nc2c(C)cc(C)cc2Cl)c(OC)c1. The molecular formula is C19H20ClNO3. The van der Waals surface area contributed by atoms with Gasteiger partial charge in [-0.15, -0.1) is 0 Å². The smallest absolute Gasteiger partial charge is 0.248 e. The minimum atomic E-state index is -0.262. The molecule has 1 amide bonds. The van der Waals surface area contributed by atoms with Crippen LogP contribution in [0.1, 0.15) is 16.7 Å². The topological polar surface area (TPSA) is 47.6 Å². The van der Waals surface area contributed by atoms with Crippen LogP contribution in [-0.2, 0) is 4.79 Å². The van der Waals surface area contributed by atoms with Crippen LogP contribution < -0.4 is 14.8 Å². The Morgan fingerprint density at radius 1 is 1.12 bits per heavy atom. The first-order valence-corrected chi connectivity index (χ1v) is 7.80. The summed E-state index contributed by atoms with van der Waals surface area (Å²) in [5.41, 5.74) is 3.37. The predicted octanol–water partition coefficient (Wildman–Crippen LogP) is 4.63. The Hall–Kier alpha value is -2.46. The van der Waals surface area contributed by atoms with Gasteiger partial charge in [-0.25, -0.2) is 0 Å². The van der Waals surface area contributed by atoms with E-state index in [9.17, 15) is 4.79 Å². The molecule has 0 heterocycles. The largest absolute Gasteiger partial charge is 0.497 e. The third kappa shape index (κ3) is 4.30. The number of amides is 1. The van der Waals surface area contributed by atoms with Gasteiger partial charge in [0.25, 0.3) is 0 Å². The van der Waals surface area contributed by atoms with E-state index >= 15 is 0 Å². The summed E-state index contributed by atoms with van der Waals surface area (Å²) in [5, 5.41) is 3.34. The lowest BCUT2D eigenvalue weighted by Crippen LogP contribution is -2.09. The Labute approximate surface area is 147 Å². The molecule has 2 aromatic rings. The molecule has 24 heavy (non-hydrogen) atoms. The zero-order valence-electron chi connectivity index (χ0n) is 14.1. The van der Waals surface area contributed by atoms with E-state index in [2.05, 4.69) is 5.32 Å². The van der Waals surface area contributed by atoms with Crippen molar-refractivity contribution < 1.29 is 14.3 Å². The summed E-state index contributed by atoms with van der Waals surface area (Å²) < 4.78 is 10.5. The zero-order chi connectivity index (χ0) is 17.7. The molecule has 0 aliphatic heterocycles. The average Bonchev–Trinajstić information content (AvgIpc) is 2.56. The number of anilines is 1. The van der Waals surface area contributed by atoms with Gasteiger partial charge in [-0.3, -0.25) is 4.79 Å². The summed E-state index contributed by atoms with van der Waals surface area (Å²) in [6, 6.07) is 9.18. The van der Waals surface area contributed by atoms with Crippen LogP contribution in [0.2, 0.25) is 5.02 Å². The Morgan fingerprint density at radius 3 is 2.50 bits per heavy atom. The first-order valence-electron chi connectivity index (χ1n) is 7.42. The third-order valence-electron chi connectivity index (χ3n) is 3.53. The van der Waals surface area contributed by atoms with Crippen molar-refractivity contribution in [2.24, 2.45) is 0 Å². The second kappa shape index (κ2) is 7.88. The van der Waals surface area contributed by atoms with Crippen molar-refractivity contribution in [1.82, 2.24) is 0 Å². The lowest BCUT2D eigenvalue weighted by Gasteiger charge is -2.10. The zero-order valence-corrected chi connectivity index (χ0v) is 14.9. The van der Waals surface area contributed by atoms with Gasteiger partial charge >= 0.3 is 0 Å². The van der Waals surface area contributed by atoms with E-state index in [4.69, 9.17) is 21.1 Å². The summed E-state index contributed by atoms with van der Waals surface area (Å²) in [5.74, 6) is 1.06. The minimum Gasteiger partial charge on any atom is -0.497 e. The maximum atomic E-state index is 12.2. The van der Waals surface area contributed by atoms with E-state index in [0.29, 0.717) is 22.2 Å². The summed E-state index contributed by atoms with van der Waals surface area (Å²) in [6.45, 7) is 3.87. The van der Waals surface area contributed by atoms with Gasteiger partial charge in [0.2, 0.25) is 5.91 Å². The molecule has 126 valence electrons. The summed E-state index contributed by atoms with van der Waals surface area (Å²) in [7, 11) is 3.16. The van der Waals surface area contributed by atoms with Crippen molar-refractivity contribution in [2.75, 3.05) is 19.5 Å². The molecule has 0 aromatic heterocycles. The fourth-order valence-electron chi connectivity index (χ4n) is 2.36. The second-order valence-corrected chi connectivity index (χ2v) is 5.78. The number of carbonyl (C=O) groups excluding carboxylic acids is 1. The molecule has 0 unspecified atom stereocenters. The van der Waals surface area contributed by atoms with Crippen molar-refractivity contribution in [3.05, 3.63) is 58.1 Å². The van der Waals surface area contributed by atoms with Crippen LogP contribution in [0.15, 0.2) is 36.4 Å². The molecule has 0 saturated carbocycles. The van der Waals surface area contributed by atoms with Crippen molar-refractivity contribution in [2.45, 2.75) is 13.8 Å². The molecule has 0 aliphatic carbocycles. The minimum absolute atomic E-state index is 0.262. The van der Waals surface area contributed by atoms with Crippen LogP contribution in [0.3, 0.4) is 0 Å². The first-order chi connectivity index (χ1) is 11.4. The van der Waals surface area contributed by atoms with E-state index in [0.717, 1.165) is 16.7 Å². The van der Waals surface area contributed by atoms with Crippen LogP contribution >= 0.6 is 11.6 Å². The van der Waals surface area contributed by atoms with Crippen LogP contribution in [-0.4, -0.2) is 20.1 Å². The predicted molar refractivity (Wildman–Crippen MR) is 98.1 cm³/mol. The van der Waals surface area contributed by atoms with Crippen molar-refractivity contribution in [3.63, 3.8) is 0 Å². The first kappa shape index (κ1) is 17.9. The normalized spacial score (nSPS) is 10.7. The van der Waals surface area contributed by atoms with Crippen LogP contribution in [0, 0.1) is 13.8 Å². The fraction of sp³-hybridized carbons (Fsp3) is 0.211.